The van der Waals surface area contributed by atoms with Crippen molar-refractivity contribution >= 4 is 11.8 Å². The molecule has 2 amide bonds. The molecule has 0 saturated carbocycles. The predicted octanol–water partition coefficient (Wildman–Crippen LogP) is 0.909. The number of aryl methyl sites for hydroxylation is 1. The van der Waals surface area contributed by atoms with Crippen molar-refractivity contribution in [2.45, 2.75) is 13.5 Å². The molecule has 1 aliphatic rings. The second-order valence-electron chi connectivity index (χ2n) is 4.18. The molecule has 1 aliphatic heterocycles. The number of rotatable bonds is 2. The molecule has 6 nitrogen and oxygen atoms in total. The monoisotopic (exact) mass is 242 g/mol. The molecule has 90 valence electrons. The average molecular weight is 242 g/mol. The highest BCUT2D eigenvalue weighted by atomic mass is 16.2. The van der Waals surface area contributed by atoms with E-state index in [2.05, 4.69) is 15.2 Å². The van der Waals surface area contributed by atoms with E-state index in [-0.39, 0.29) is 18.4 Å². The lowest BCUT2D eigenvalue weighted by molar-refractivity contribution is 0.0638. The van der Waals surface area contributed by atoms with Crippen molar-refractivity contribution in [3.8, 4) is 0 Å². The SMILES string of the molecule is Cc1ccc2c(c1)C(=O)N(Cc1ncn[nH]1)C2=O. The number of benzene rings is 1. The summed E-state index contributed by atoms with van der Waals surface area (Å²) in [5.74, 6) is -0.0808. The Hall–Kier alpha value is -2.50. The van der Waals surface area contributed by atoms with Crippen LogP contribution in [0.5, 0.6) is 0 Å². The fourth-order valence-electron chi connectivity index (χ4n) is 2.00. The number of imide groups is 1. The van der Waals surface area contributed by atoms with Crippen LogP contribution in [0.4, 0.5) is 0 Å². The van der Waals surface area contributed by atoms with Gasteiger partial charge in [0.2, 0.25) is 0 Å². The van der Waals surface area contributed by atoms with Gasteiger partial charge in [0.1, 0.15) is 12.2 Å². The van der Waals surface area contributed by atoms with Gasteiger partial charge in [0.15, 0.2) is 0 Å². The van der Waals surface area contributed by atoms with Gasteiger partial charge in [0.05, 0.1) is 17.7 Å². The zero-order valence-corrected chi connectivity index (χ0v) is 9.67. The molecule has 2 heterocycles. The maximum absolute atomic E-state index is 12.1. The topological polar surface area (TPSA) is 79.0 Å². The van der Waals surface area contributed by atoms with Crippen LogP contribution in [0.3, 0.4) is 0 Å². The predicted molar refractivity (Wildman–Crippen MR) is 61.8 cm³/mol. The zero-order valence-electron chi connectivity index (χ0n) is 9.67. The van der Waals surface area contributed by atoms with Gasteiger partial charge in [-0.2, -0.15) is 5.10 Å². The molecule has 2 aromatic rings. The number of hydrogen-bond donors (Lipinski definition) is 1. The molecule has 0 bridgehead atoms. The first-order chi connectivity index (χ1) is 8.66. The summed E-state index contributed by atoms with van der Waals surface area (Å²) in [5, 5.41) is 6.33. The molecule has 0 saturated heterocycles. The number of nitrogens with one attached hydrogen (secondary N) is 1. The fourth-order valence-corrected chi connectivity index (χ4v) is 2.00. The summed E-state index contributed by atoms with van der Waals surface area (Å²) in [5.41, 5.74) is 1.86. The highest BCUT2D eigenvalue weighted by molar-refractivity contribution is 6.21. The van der Waals surface area contributed by atoms with Gasteiger partial charge in [-0.05, 0) is 19.1 Å². The van der Waals surface area contributed by atoms with Gasteiger partial charge in [-0.25, -0.2) is 4.98 Å². The summed E-state index contributed by atoms with van der Waals surface area (Å²) in [6.45, 7) is 2.00. The van der Waals surface area contributed by atoms with Gasteiger partial charge in [0, 0.05) is 0 Å². The smallest absolute Gasteiger partial charge is 0.261 e. The van der Waals surface area contributed by atoms with Crippen LogP contribution in [0, 0.1) is 6.92 Å². The molecule has 0 spiro atoms. The van der Waals surface area contributed by atoms with E-state index in [0.717, 1.165) is 5.56 Å². The quantitative estimate of drug-likeness (QED) is 0.794. The Balaban J connectivity index is 1.97. The lowest BCUT2D eigenvalue weighted by Gasteiger charge is -2.10. The first-order valence-corrected chi connectivity index (χ1v) is 5.48. The van der Waals surface area contributed by atoms with Gasteiger partial charge in [-0.15, -0.1) is 0 Å². The Labute approximate surface area is 103 Å². The Morgan fingerprint density at radius 2 is 2.00 bits per heavy atom. The van der Waals surface area contributed by atoms with Crippen LogP contribution < -0.4 is 0 Å². The maximum Gasteiger partial charge on any atom is 0.261 e. The number of carbonyl (C=O) groups excluding carboxylic acids is 2. The fraction of sp³-hybridized carbons (Fsp3) is 0.167. The van der Waals surface area contributed by atoms with Gasteiger partial charge in [-0.1, -0.05) is 11.6 Å². The van der Waals surface area contributed by atoms with Crippen molar-refractivity contribution in [2.24, 2.45) is 0 Å². The summed E-state index contributed by atoms with van der Waals surface area (Å²) >= 11 is 0. The second-order valence-corrected chi connectivity index (χ2v) is 4.18. The number of carbonyl (C=O) groups is 2. The van der Waals surface area contributed by atoms with E-state index < -0.39 is 0 Å². The molecule has 0 radical (unpaired) electrons. The highest BCUT2D eigenvalue weighted by Gasteiger charge is 2.35. The number of hydrogen-bond acceptors (Lipinski definition) is 4. The second kappa shape index (κ2) is 3.76. The molecule has 6 heteroatoms. The molecule has 1 aromatic heterocycles. The summed E-state index contributed by atoms with van der Waals surface area (Å²) in [7, 11) is 0. The van der Waals surface area contributed by atoms with Crippen LogP contribution in [-0.4, -0.2) is 31.9 Å². The molecule has 0 atom stereocenters. The van der Waals surface area contributed by atoms with E-state index in [1.165, 1.54) is 11.2 Å². The first kappa shape index (κ1) is 10.6. The third kappa shape index (κ3) is 1.50. The van der Waals surface area contributed by atoms with Gasteiger partial charge < -0.3 is 0 Å². The molecule has 0 unspecified atom stereocenters. The summed E-state index contributed by atoms with van der Waals surface area (Å²) in [4.78, 5) is 29.3. The van der Waals surface area contributed by atoms with Crippen molar-refractivity contribution in [1.29, 1.82) is 0 Å². The molecule has 18 heavy (non-hydrogen) atoms. The molecule has 0 fully saturated rings. The van der Waals surface area contributed by atoms with E-state index in [1.807, 2.05) is 13.0 Å². The molecular formula is C12H10N4O2. The minimum absolute atomic E-state index is 0.116. The molecule has 0 aliphatic carbocycles. The van der Waals surface area contributed by atoms with Crippen molar-refractivity contribution in [3.05, 3.63) is 47.0 Å². The van der Waals surface area contributed by atoms with Crippen molar-refractivity contribution in [3.63, 3.8) is 0 Å². The minimum Gasteiger partial charge on any atom is -0.269 e. The van der Waals surface area contributed by atoms with Crippen LogP contribution in [0.15, 0.2) is 24.5 Å². The van der Waals surface area contributed by atoms with Crippen LogP contribution >= 0.6 is 0 Å². The lowest BCUT2D eigenvalue weighted by atomic mass is 10.1. The van der Waals surface area contributed by atoms with Crippen molar-refractivity contribution in [2.75, 3.05) is 0 Å². The molecule has 3 rings (SSSR count). The normalized spacial score (nSPS) is 14.2. The molecule has 1 aromatic carbocycles. The Kier molecular flexibility index (Phi) is 2.22. The van der Waals surface area contributed by atoms with E-state index in [9.17, 15) is 9.59 Å². The summed E-state index contributed by atoms with van der Waals surface area (Å²) < 4.78 is 0. The van der Waals surface area contributed by atoms with Gasteiger partial charge >= 0.3 is 0 Å². The third-order valence-corrected chi connectivity index (χ3v) is 2.90. The minimum atomic E-state index is -0.286. The number of fused-ring (bicyclic) bond motifs is 1. The van der Waals surface area contributed by atoms with E-state index >= 15 is 0 Å². The third-order valence-electron chi connectivity index (χ3n) is 2.90. The van der Waals surface area contributed by atoms with Gasteiger partial charge in [0.25, 0.3) is 11.8 Å². The average Bonchev–Trinajstić information content (AvgIpc) is 2.93. The Bertz CT molecular complexity index is 634. The molecular weight excluding hydrogens is 232 g/mol. The summed E-state index contributed by atoms with van der Waals surface area (Å²) in [6.07, 6.45) is 1.34. The van der Waals surface area contributed by atoms with E-state index in [1.54, 1.807) is 12.1 Å². The highest BCUT2D eigenvalue weighted by Crippen LogP contribution is 2.24. The number of nitrogens with zero attached hydrogens (tertiary/aromatic N) is 3. The standard InChI is InChI=1S/C12H10N4O2/c1-7-2-3-8-9(4-7)12(18)16(11(8)17)5-10-13-6-14-15-10/h2-4,6H,5H2,1H3,(H,13,14,15). The van der Waals surface area contributed by atoms with E-state index in [0.29, 0.717) is 17.0 Å². The first-order valence-electron chi connectivity index (χ1n) is 5.48. The lowest BCUT2D eigenvalue weighted by Crippen LogP contribution is -2.29. The number of H-pyrrole nitrogens is 1. The number of aromatic amines is 1. The van der Waals surface area contributed by atoms with Crippen LogP contribution in [-0.2, 0) is 6.54 Å². The largest absolute Gasteiger partial charge is 0.269 e. The Morgan fingerprint density at radius 1 is 1.22 bits per heavy atom. The van der Waals surface area contributed by atoms with Crippen molar-refractivity contribution in [1.82, 2.24) is 20.1 Å². The summed E-state index contributed by atoms with van der Waals surface area (Å²) in [6, 6.07) is 5.24. The number of amides is 2. The van der Waals surface area contributed by atoms with Crippen molar-refractivity contribution < 1.29 is 9.59 Å². The maximum atomic E-state index is 12.1. The molecule has 1 N–H and O–H groups in total. The van der Waals surface area contributed by atoms with Crippen LogP contribution in [0.1, 0.15) is 32.1 Å². The van der Waals surface area contributed by atoms with E-state index in [4.69, 9.17) is 0 Å². The zero-order chi connectivity index (χ0) is 12.7. The Morgan fingerprint density at radius 3 is 2.72 bits per heavy atom. The van der Waals surface area contributed by atoms with Crippen LogP contribution in [0.2, 0.25) is 0 Å². The van der Waals surface area contributed by atoms with Crippen LogP contribution in [0.25, 0.3) is 0 Å². The number of aromatic nitrogens is 3. The van der Waals surface area contributed by atoms with Gasteiger partial charge in [-0.3, -0.25) is 19.6 Å².